The number of nitrogens with zero attached hydrogens (tertiary/aromatic N) is 2. The number of pyridine rings is 1. The van der Waals surface area contributed by atoms with Crippen molar-refractivity contribution in [2.24, 2.45) is 11.8 Å². The molecule has 1 aromatic rings. The molecular formula is C21H29N3O2. The van der Waals surface area contributed by atoms with Crippen molar-refractivity contribution in [3.8, 4) is 5.88 Å². The molecule has 1 N–H and O–H groups in total. The zero-order valence-corrected chi connectivity index (χ0v) is 15.6. The fraction of sp³-hybridized carbons (Fsp3) is 0.524. The fourth-order valence-corrected chi connectivity index (χ4v) is 3.97. The van der Waals surface area contributed by atoms with Gasteiger partial charge in [0.2, 0.25) is 5.88 Å². The average Bonchev–Trinajstić information content (AvgIpc) is 3.08. The van der Waals surface area contributed by atoms with E-state index < -0.39 is 0 Å². The van der Waals surface area contributed by atoms with Crippen molar-refractivity contribution in [2.75, 3.05) is 26.7 Å². The molecule has 3 rings (SSSR count). The molecule has 0 spiro atoms. The van der Waals surface area contributed by atoms with Gasteiger partial charge in [0.1, 0.15) is 6.10 Å². The van der Waals surface area contributed by atoms with Crippen LogP contribution in [-0.2, 0) is 0 Å². The zero-order valence-electron chi connectivity index (χ0n) is 15.6. The Labute approximate surface area is 156 Å². The Hall–Kier alpha value is -2.14. The van der Waals surface area contributed by atoms with E-state index in [1.165, 1.54) is 12.8 Å². The normalized spacial score (nSPS) is 23.3. The first-order valence-electron chi connectivity index (χ1n) is 9.52. The first-order chi connectivity index (χ1) is 12.7. The van der Waals surface area contributed by atoms with Crippen LogP contribution in [0, 0.1) is 11.8 Å². The minimum Gasteiger partial charge on any atom is -0.473 e. The van der Waals surface area contributed by atoms with Gasteiger partial charge in [0.05, 0.1) is 0 Å². The minimum atomic E-state index is -0.129. The van der Waals surface area contributed by atoms with Gasteiger partial charge in [0.25, 0.3) is 5.91 Å². The van der Waals surface area contributed by atoms with Crippen LogP contribution >= 0.6 is 0 Å². The van der Waals surface area contributed by atoms with Gasteiger partial charge in [-0.2, -0.15) is 0 Å². The number of allylic oxidation sites excluding steroid dienone is 3. The fourth-order valence-electron chi connectivity index (χ4n) is 3.97. The minimum absolute atomic E-state index is 0.0496. The molecule has 1 aliphatic carbocycles. The Morgan fingerprint density at radius 1 is 1.42 bits per heavy atom. The molecule has 1 fully saturated rings. The Kier molecular flexibility index (Phi) is 6.45. The molecule has 3 atom stereocenters. The van der Waals surface area contributed by atoms with Gasteiger partial charge >= 0.3 is 0 Å². The van der Waals surface area contributed by atoms with Crippen molar-refractivity contribution >= 4 is 5.91 Å². The van der Waals surface area contributed by atoms with Gasteiger partial charge in [-0.05, 0) is 43.6 Å². The molecule has 2 aliphatic rings. The predicted octanol–water partition coefficient (Wildman–Crippen LogP) is 3.05. The molecule has 0 aromatic carbocycles. The second-order valence-electron chi connectivity index (χ2n) is 7.25. The number of rotatable bonds is 8. The topological polar surface area (TPSA) is 54.5 Å². The van der Waals surface area contributed by atoms with E-state index in [-0.39, 0.29) is 12.0 Å². The molecule has 2 heterocycles. The van der Waals surface area contributed by atoms with E-state index in [1.807, 2.05) is 6.08 Å². The van der Waals surface area contributed by atoms with Crippen molar-refractivity contribution in [1.29, 1.82) is 0 Å². The quantitative estimate of drug-likeness (QED) is 0.728. The SMILES string of the molecule is C=CCC[C@H](CN1C[C@H]2CC=CC[C@H]2C1)Oc1cc(C(=O)NC)ccn1. The van der Waals surface area contributed by atoms with E-state index in [2.05, 4.69) is 33.9 Å². The highest BCUT2D eigenvalue weighted by Crippen LogP contribution is 2.33. The summed E-state index contributed by atoms with van der Waals surface area (Å²) in [5.74, 6) is 1.96. The Balaban J connectivity index is 1.63. The van der Waals surface area contributed by atoms with Crippen LogP contribution in [0.3, 0.4) is 0 Å². The molecule has 1 saturated heterocycles. The van der Waals surface area contributed by atoms with Gasteiger partial charge < -0.3 is 10.1 Å². The summed E-state index contributed by atoms with van der Waals surface area (Å²) in [4.78, 5) is 18.6. The number of hydrogen-bond donors (Lipinski definition) is 1. The molecule has 0 saturated carbocycles. The van der Waals surface area contributed by atoms with Crippen LogP contribution in [0.25, 0.3) is 0 Å². The van der Waals surface area contributed by atoms with Gasteiger partial charge in [-0.3, -0.25) is 9.69 Å². The summed E-state index contributed by atoms with van der Waals surface area (Å²) >= 11 is 0. The first kappa shape index (κ1) is 18.6. The van der Waals surface area contributed by atoms with Gasteiger partial charge in [-0.25, -0.2) is 4.98 Å². The highest BCUT2D eigenvalue weighted by Gasteiger charge is 2.33. The third-order valence-electron chi connectivity index (χ3n) is 5.36. The lowest BCUT2D eigenvalue weighted by Crippen LogP contribution is -2.34. The first-order valence-corrected chi connectivity index (χ1v) is 9.52. The highest BCUT2D eigenvalue weighted by molar-refractivity contribution is 5.94. The van der Waals surface area contributed by atoms with Gasteiger partial charge in [0, 0.05) is 44.5 Å². The number of hydrogen-bond acceptors (Lipinski definition) is 4. The molecule has 0 unspecified atom stereocenters. The zero-order chi connectivity index (χ0) is 18.4. The van der Waals surface area contributed by atoms with E-state index >= 15 is 0 Å². The molecule has 5 nitrogen and oxygen atoms in total. The standard InChI is InChI=1S/C21H29N3O2/c1-3-4-9-19(15-24-13-17-7-5-6-8-18(17)14-24)26-20-12-16(10-11-23-20)21(25)22-2/h3,5-6,10-12,17-19H,1,4,7-9,13-15H2,2H3,(H,22,25)/t17-,18+,19-/m1/s1. The van der Waals surface area contributed by atoms with Crippen LogP contribution in [0.2, 0.25) is 0 Å². The molecule has 0 bridgehead atoms. The lowest BCUT2D eigenvalue weighted by Gasteiger charge is -2.24. The van der Waals surface area contributed by atoms with E-state index in [4.69, 9.17) is 4.74 Å². The predicted molar refractivity (Wildman–Crippen MR) is 103 cm³/mol. The molecule has 26 heavy (non-hydrogen) atoms. The number of carbonyl (C=O) groups is 1. The number of amides is 1. The summed E-state index contributed by atoms with van der Waals surface area (Å²) in [5.41, 5.74) is 0.568. The number of aromatic nitrogens is 1. The number of ether oxygens (including phenoxy) is 1. The maximum atomic E-state index is 11.8. The average molecular weight is 355 g/mol. The van der Waals surface area contributed by atoms with E-state index in [1.54, 1.807) is 25.4 Å². The number of fused-ring (bicyclic) bond motifs is 1. The molecule has 1 aromatic heterocycles. The van der Waals surface area contributed by atoms with Crippen LogP contribution in [0.5, 0.6) is 5.88 Å². The number of nitrogens with one attached hydrogen (secondary N) is 1. The third kappa shape index (κ3) is 4.73. The molecular weight excluding hydrogens is 326 g/mol. The third-order valence-corrected chi connectivity index (χ3v) is 5.36. The largest absolute Gasteiger partial charge is 0.473 e. The van der Waals surface area contributed by atoms with Crippen LogP contribution < -0.4 is 10.1 Å². The summed E-state index contributed by atoms with van der Waals surface area (Å²) in [6.07, 6.45) is 12.5. The Morgan fingerprint density at radius 3 is 2.81 bits per heavy atom. The maximum Gasteiger partial charge on any atom is 0.251 e. The summed E-state index contributed by atoms with van der Waals surface area (Å²) in [6, 6.07) is 3.41. The number of carbonyl (C=O) groups excluding carboxylic acids is 1. The van der Waals surface area contributed by atoms with Crippen LogP contribution in [0.1, 0.15) is 36.0 Å². The van der Waals surface area contributed by atoms with Crippen LogP contribution in [-0.4, -0.2) is 48.6 Å². The van der Waals surface area contributed by atoms with Crippen LogP contribution in [0.15, 0.2) is 43.1 Å². The number of likely N-dealkylation sites (tertiary alicyclic amines) is 1. The highest BCUT2D eigenvalue weighted by atomic mass is 16.5. The van der Waals surface area contributed by atoms with Gasteiger partial charge in [0.15, 0.2) is 0 Å². The lowest BCUT2D eigenvalue weighted by molar-refractivity contribution is 0.0960. The van der Waals surface area contributed by atoms with Crippen molar-refractivity contribution < 1.29 is 9.53 Å². The van der Waals surface area contributed by atoms with E-state index in [9.17, 15) is 4.79 Å². The van der Waals surface area contributed by atoms with Crippen LogP contribution in [0.4, 0.5) is 0 Å². The lowest BCUT2D eigenvalue weighted by atomic mass is 9.86. The summed E-state index contributed by atoms with van der Waals surface area (Å²) in [7, 11) is 1.62. The summed E-state index contributed by atoms with van der Waals surface area (Å²) in [5, 5.41) is 2.63. The Bertz CT molecular complexity index is 642. The second kappa shape index (κ2) is 8.99. The van der Waals surface area contributed by atoms with Crippen molar-refractivity contribution in [3.05, 3.63) is 48.7 Å². The molecule has 140 valence electrons. The maximum absolute atomic E-state index is 11.8. The van der Waals surface area contributed by atoms with Crippen molar-refractivity contribution in [1.82, 2.24) is 15.2 Å². The molecule has 5 heteroatoms. The summed E-state index contributed by atoms with van der Waals surface area (Å²) < 4.78 is 6.17. The van der Waals surface area contributed by atoms with Crippen molar-refractivity contribution in [3.63, 3.8) is 0 Å². The second-order valence-corrected chi connectivity index (χ2v) is 7.25. The van der Waals surface area contributed by atoms with E-state index in [0.717, 1.165) is 44.3 Å². The monoisotopic (exact) mass is 355 g/mol. The van der Waals surface area contributed by atoms with Gasteiger partial charge in [-0.15, -0.1) is 6.58 Å². The van der Waals surface area contributed by atoms with Gasteiger partial charge in [-0.1, -0.05) is 18.2 Å². The van der Waals surface area contributed by atoms with E-state index in [0.29, 0.717) is 11.4 Å². The molecule has 1 amide bonds. The van der Waals surface area contributed by atoms with Crippen molar-refractivity contribution in [2.45, 2.75) is 31.8 Å². The smallest absolute Gasteiger partial charge is 0.251 e. The molecule has 1 aliphatic heterocycles. The molecule has 0 radical (unpaired) electrons. The Morgan fingerprint density at radius 2 is 2.15 bits per heavy atom. The summed E-state index contributed by atoms with van der Waals surface area (Å²) in [6.45, 7) is 7.02.